The molecule has 0 unspecified atom stereocenters. The van der Waals surface area contributed by atoms with Gasteiger partial charge in [0, 0.05) is 18.5 Å². The van der Waals surface area contributed by atoms with Crippen LogP contribution in [0.1, 0.15) is 35.9 Å². The van der Waals surface area contributed by atoms with Crippen LogP contribution >= 0.6 is 0 Å². The van der Waals surface area contributed by atoms with Gasteiger partial charge >= 0.3 is 5.97 Å². The number of aryl methyl sites for hydroxylation is 1. The quantitative estimate of drug-likeness (QED) is 0.796. The average Bonchev–Trinajstić information content (AvgIpc) is 3.05. The number of esters is 1. The molecule has 22 heavy (non-hydrogen) atoms. The van der Waals surface area contributed by atoms with Gasteiger partial charge in [-0.1, -0.05) is 6.92 Å². The minimum Gasteiger partial charge on any atom is -0.469 e. The summed E-state index contributed by atoms with van der Waals surface area (Å²) in [5, 5.41) is 2.78. The highest BCUT2D eigenvalue weighted by Gasteiger charge is 2.08. The van der Waals surface area contributed by atoms with Gasteiger partial charge < -0.3 is 14.5 Å². The summed E-state index contributed by atoms with van der Waals surface area (Å²) in [6, 6.07) is 10.3. The Morgan fingerprint density at radius 3 is 2.59 bits per heavy atom. The lowest BCUT2D eigenvalue weighted by molar-refractivity contribution is -0.116. The minimum absolute atomic E-state index is 0.0993. The monoisotopic (exact) mass is 301 g/mol. The van der Waals surface area contributed by atoms with Crippen LogP contribution in [-0.2, 0) is 16.0 Å². The number of amides is 1. The second-order valence-corrected chi connectivity index (χ2v) is 4.84. The zero-order valence-electron chi connectivity index (χ0n) is 12.5. The van der Waals surface area contributed by atoms with Gasteiger partial charge in [-0.05, 0) is 42.8 Å². The van der Waals surface area contributed by atoms with Gasteiger partial charge in [0.2, 0.25) is 5.91 Å². The molecule has 1 aromatic heterocycles. The van der Waals surface area contributed by atoms with E-state index in [2.05, 4.69) is 5.32 Å². The highest BCUT2D eigenvalue weighted by Crippen LogP contribution is 2.12. The number of benzene rings is 1. The van der Waals surface area contributed by atoms with Crippen molar-refractivity contribution in [2.45, 2.75) is 26.2 Å². The van der Waals surface area contributed by atoms with Crippen molar-refractivity contribution in [3.05, 3.63) is 54.0 Å². The SMILES string of the molecule is CCCOC(=O)c1ccc(NC(=O)CCc2ccco2)cc1. The maximum Gasteiger partial charge on any atom is 0.338 e. The lowest BCUT2D eigenvalue weighted by Gasteiger charge is -2.06. The first-order chi connectivity index (χ1) is 10.7. The number of ether oxygens (including phenoxy) is 1. The van der Waals surface area contributed by atoms with Crippen LogP contribution in [0.2, 0.25) is 0 Å². The molecule has 0 fully saturated rings. The van der Waals surface area contributed by atoms with Crippen molar-refractivity contribution < 1.29 is 18.7 Å². The molecule has 0 atom stereocenters. The van der Waals surface area contributed by atoms with E-state index in [1.807, 2.05) is 13.0 Å². The second kappa shape index (κ2) is 8.02. The van der Waals surface area contributed by atoms with E-state index in [9.17, 15) is 9.59 Å². The van der Waals surface area contributed by atoms with E-state index >= 15 is 0 Å². The van der Waals surface area contributed by atoms with Gasteiger partial charge in [-0.3, -0.25) is 4.79 Å². The molecular weight excluding hydrogens is 282 g/mol. The number of hydrogen-bond donors (Lipinski definition) is 1. The highest BCUT2D eigenvalue weighted by atomic mass is 16.5. The summed E-state index contributed by atoms with van der Waals surface area (Å²) in [5.74, 6) is 0.333. The van der Waals surface area contributed by atoms with Crippen molar-refractivity contribution in [3.8, 4) is 0 Å². The van der Waals surface area contributed by atoms with Crippen LogP contribution in [0.25, 0.3) is 0 Å². The standard InChI is InChI=1S/C17H19NO4/c1-2-11-22-17(20)13-5-7-14(8-6-13)18-16(19)10-9-15-4-3-12-21-15/h3-8,12H,2,9-11H2,1H3,(H,18,19). The summed E-state index contributed by atoms with van der Waals surface area (Å²) in [6.07, 6.45) is 3.27. The molecule has 0 bridgehead atoms. The van der Waals surface area contributed by atoms with Crippen molar-refractivity contribution in [1.29, 1.82) is 0 Å². The Morgan fingerprint density at radius 2 is 1.95 bits per heavy atom. The Morgan fingerprint density at radius 1 is 1.18 bits per heavy atom. The third-order valence-corrected chi connectivity index (χ3v) is 3.02. The molecule has 0 spiro atoms. The van der Waals surface area contributed by atoms with E-state index < -0.39 is 0 Å². The Kier molecular flexibility index (Phi) is 5.77. The molecular formula is C17H19NO4. The predicted molar refractivity (Wildman–Crippen MR) is 82.7 cm³/mol. The lowest BCUT2D eigenvalue weighted by Crippen LogP contribution is -2.12. The van der Waals surface area contributed by atoms with Crippen molar-refractivity contribution in [3.63, 3.8) is 0 Å². The fourth-order valence-corrected chi connectivity index (χ4v) is 1.88. The minimum atomic E-state index is -0.349. The summed E-state index contributed by atoms with van der Waals surface area (Å²) in [6.45, 7) is 2.35. The zero-order chi connectivity index (χ0) is 15.8. The number of carbonyl (C=O) groups excluding carboxylic acids is 2. The van der Waals surface area contributed by atoms with E-state index in [0.29, 0.717) is 30.7 Å². The van der Waals surface area contributed by atoms with Gasteiger partial charge in [0.25, 0.3) is 0 Å². The summed E-state index contributed by atoms with van der Waals surface area (Å²) < 4.78 is 10.2. The van der Waals surface area contributed by atoms with Crippen LogP contribution in [0.5, 0.6) is 0 Å². The van der Waals surface area contributed by atoms with Crippen LogP contribution in [0.4, 0.5) is 5.69 Å². The molecule has 0 radical (unpaired) electrons. The van der Waals surface area contributed by atoms with Crippen LogP contribution in [0, 0.1) is 0 Å². The molecule has 0 aliphatic carbocycles. The summed E-state index contributed by atoms with van der Waals surface area (Å²) >= 11 is 0. The Bertz CT molecular complexity index is 602. The van der Waals surface area contributed by atoms with Crippen LogP contribution < -0.4 is 5.32 Å². The van der Waals surface area contributed by atoms with Crippen molar-refractivity contribution in [1.82, 2.24) is 0 Å². The van der Waals surface area contributed by atoms with Gasteiger partial charge in [0.05, 0.1) is 18.4 Å². The summed E-state index contributed by atoms with van der Waals surface area (Å²) in [4.78, 5) is 23.5. The van der Waals surface area contributed by atoms with Crippen LogP contribution in [0.3, 0.4) is 0 Å². The van der Waals surface area contributed by atoms with Crippen LogP contribution in [0.15, 0.2) is 47.1 Å². The Hall–Kier alpha value is -2.56. The smallest absolute Gasteiger partial charge is 0.338 e. The third kappa shape index (κ3) is 4.77. The largest absolute Gasteiger partial charge is 0.469 e. The van der Waals surface area contributed by atoms with Crippen LogP contribution in [-0.4, -0.2) is 18.5 Å². The molecule has 0 aliphatic heterocycles. The highest BCUT2D eigenvalue weighted by molar-refractivity contribution is 5.93. The summed E-state index contributed by atoms with van der Waals surface area (Å²) in [7, 11) is 0. The molecule has 2 aromatic rings. The molecule has 2 rings (SSSR count). The second-order valence-electron chi connectivity index (χ2n) is 4.84. The van der Waals surface area contributed by atoms with E-state index in [0.717, 1.165) is 12.2 Å². The number of hydrogen-bond acceptors (Lipinski definition) is 4. The molecule has 0 saturated carbocycles. The first kappa shape index (κ1) is 15.8. The van der Waals surface area contributed by atoms with E-state index in [-0.39, 0.29) is 11.9 Å². The Labute approximate surface area is 129 Å². The van der Waals surface area contributed by atoms with E-state index in [4.69, 9.17) is 9.15 Å². The molecule has 1 N–H and O–H groups in total. The fourth-order valence-electron chi connectivity index (χ4n) is 1.88. The predicted octanol–water partition coefficient (Wildman–Crippen LogP) is 3.42. The maximum absolute atomic E-state index is 11.8. The number of furan rings is 1. The molecule has 5 heteroatoms. The van der Waals surface area contributed by atoms with Gasteiger partial charge in [0.1, 0.15) is 5.76 Å². The lowest BCUT2D eigenvalue weighted by atomic mass is 10.2. The molecule has 5 nitrogen and oxygen atoms in total. The van der Waals surface area contributed by atoms with E-state index in [1.54, 1.807) is 36.6 Å². The molecule has 1 heterocycles. The Balaban J connectivity index is 1.82. The average molecular weight is 301 g/mol. The van der Waals surface area contributed by atoms with Gasteiger partial charge in [-0.2, -0.15) is 0 Å². The third-order valence-electron chi connectivity index (χ3n) is 3.02. The number of rotatable bonds is 7. The molecule has 1 amide bonds. The molecule has 1 aromatic carbocycles. The molecule has 116 valence electrons. The van der Waals surface area contributed by atoms with Gasteiger partial charge in [0.15, 0.2) is 0 Å². The number of carbonyl (C=O) groups is 2. The van der Waals surface area contributed by atoms with Crippen molar-refractivity contribution in [2.24, 2.45) is 0 Å². The topological polar surface area (TPSA) is 68.5 Å². The van der Waals surface area contributed by atoms with Gasteiger partial charge in [-0.25, -0.2) is 4.79 Å². The summed E-state index contributed by atoms with van der Waals surface area (Å²) in [5.41, 5.74) is 1.12. The molecule has 0 saturated heterocycles. The maximum atomic E-state index is 11.8. The fraction of sp³-hybridized carbons (Fsp3) is 0.294. The van der Waals surface area contributed by atoms with E-state index in [1.165, 1.54) is 0 Å². The van der Waals surface area contributed by atoms with Gasteiger partial charge in [-0.15, -0.1) is 0 Å². The van der Waals surface area contributed by atoms with Crippen molar-refractivity contribution in [2.75, 3.05) is 11.9 Å². The first-order valence-electron chi connectivity index (χ1n) is 7.28. The number of nitrogens with one attached hydrogen (secondary N) is 1. The number of anilines is 1. The normalized spacial score (nSPS) is 10.2. The van der Waals surface area contributed by atoms with Crippen molar-refractivity contribution >= 4 is 17.6 Å². The zero-order valence-corrected chi connectivity index (χ0v) is 12.5. The first-order valence-corrected chi connectivity index (χ1v) is 7.28. The molecule has 0 aliphatic rings.